The number of benzene rings is 1. The van der Waals surface area contributed by atoms with Gasteiger partial charge >= 0.3 is 0 Å². The highest BCUT2D eigenvalue weighted by molar-refractivity contribution is 6.45. The molecule has 2 N–H and O–H groups in total. The van der Waals surface area contributed by atoms with Crippen LogP contribution in [0.4, 0.5) is 5.82 Å². The number of halogens is 2. The Labute approximate surface area is 165 Å². The Morgan fingerprint density at radius 1 is 1.37 bits per heavy atom. The summed E-state index contributed by atoms with van der Waals surface area (Å²) in [6.07, 6.45) is 6.06. The number of hydrogen-bond acceptors (Lipinski definition) is 5. The molecule has 1 aromatic carbocycles. The number of aliphatic hydroxyl groups is 1. The monoisotopic (exact) mass is 405 g/mol. The highest BCUT2D eigenvalue weighted by Crippen LogP contribution is 2.35. The van der Waals surface area contributed by atoms with E-state index in [9.17, 15) is 4.79 Å². The summed E-state index contributed by atoms with van der Waals surface area (Å²) in [7, 11) is 0. The van der Waals surface area contributed by atoms with E-state index in [2.05, 4.69) is 15.2 Å². The number of carbonyl (C=O) groups is 1. The number of aromatic nitrogens is 3. The molecular weight excluding hydrogens is 389 g/mol. The predicted octanol–water partition coefficient (Wildman–Crippen LogP) is 2.41. The van der Waals surface area contributed by atoms with Gasteiger partial charge in [0.2, 0.25) is 5.91 Å². The van der Waals surface area contributed by atoms with Gasteiger partial charge in [-0.25, -0.2) is 9.97 Å². The minimum Gasteiger partial charge on any atom is -0.387 e. The second kappa shape index (κ2) is 7.34. The van der Waals surface area contributed by atoms with Gasteiger partial charge in [0.05, 0.1) is 27.6 Å². The number of aliphatic hydroxyl groups excluding tert-OH is 1. The van der Waals surface area contributed by atoms with Crippen LogP contribution in [-0.2, 0) is 4.79 Å². The lowest BCUT2D eigenvalue weighted by Gasteiger charge is -2.20. The fourth-order valence-corrected chi connectivity index (χ4v) is 3.70. The molecule has 0 spiro atoms. The topological polar surface area (TPSA) is 83.3 Å². The van der Waals surface area contributed by atoms with Crippen LogP contribution in [-0.4, -0.2) is 51.3 Å². The molecule has 7 nitrogen and oxygen atoms in total. The van der Waals surface area contributed by atoms with Crippen LogP contribution in [0.25, 0.3) is 16.6 Å². The predicted molar refractivity (Wildman–Crippen MR) is 105 cm³/mol. The molecule has 1 fully saturated rings. The fraction of sp³-hybridized carbons (Fsp3) is 0.278. The summed E-state index contributed by atoms with van der Waals surface area (Å²) >= 11 is 12.6. The summed E-state index contributed by atoms with van der Waals surface area (Å²) in [5.41, 5.74) is 1.52. The lowest BCUT2D eigenvalue weighted by molar-refractivity contribution is -0.124. The number of nitrogens with one attached hydrogen (secondary N) is 1. The molecule has 4 rings (SSSR count). The number of fused-ring (bicyclic) bond motifs is 1. The van der Waals surface area contributed by atoms with Crippen molar-refractivity contribution in [3.63, 3.8) is 0 Å². The number of pyridine rings is 1. The molecule has 2 aromatic heterocycles. The van der Waals surface area contributed by atoms with Gasteiger partial charge in [-0.1, -0.05) is 23.2 Å². The van der Waals surface area contributed by atoms with E-state index in [1.807, 2.05) is 22.9 Å². The van der Waals surface area contributed by atoms with Gasteiger partial charge in [0, 0.05) is 43.0 Å². The van der Waals surface area contributed by atoms with E-state index in [0.717, 1.165) is 29.9 Å². The van der Waals surface area contributed by atoms with Crippen molar-refractivity contribution in [1.82, 2.24) is 19.9 Å². The van der Waals surface area contributed by atoms with Crippen LogP contribution >= 0.6 is 23.2 Å². The van der Waals surface area contributed by atoms with Crippen LogP contribution in [0.15, 0.2) is 36.9 Å². The van der Waals surface area contributed by atoms with Crippen molar-refractivity contribution >= 4 is 45.8 Å². The Morgan fingerprint density at radius 2 is 2.22 bits per heavy atom. The van der Waals surface area contributed by atoms with Crippen molar-refractivity contribution in [3.8, 4) is 5.69 Å². The zero-order chi connectivity index (χ0) is 19.0. The first-order chi connectivity index (χ1) is 13.1. The second-order valence-electron chi connectivity index (χ2n) is 6.38. The summed E-state index contributed by atoms with van der Waals surface area (Å²) in [5.74, 6) is 0.373. The van der Waals surface area contributed by atoms with Crippen LogP contribution in [0.5, 0.6) is 0 Å². The van der Waals surface area contributed by atoms with Gasteiger partial charge in [-0.05, 0) is 18.6 Å². The number of anilines is 1. The second-order valence-corrected chi connectivity index (χ2v) is 7.17. The fourth-order valence-electron chi connectivity index (χ4n) is 3.34. The van der Waals surface area contributed by atoms with Crippen molar-refractivity contribution in [2.75, 3.05) is 24.6 Å². The Morgan fingerprint density at radius 3 is 2.96 bits per heavy atom. The quantitative estimate of drug-likeness (QED) is 0.696. The Kier molecular flexibility index (Phi) is 4.90. The number of imidazole rings is 1. The maximum atomic E-state index is 11.4. The number of nitrogens with zero attached hydrogens (tertiary/aromatic N) is 4. The van der Waals surface area contributed by atoms with Crippen LogP contribution in [0.2, 0.25) is 10.0 Å². The summed E-state index contributed by atoms with van der Waals surface area (Å²) in [4.78, 5) is 22.4. The zero-order valence-electron chi connectivity index (χ0n) is 14.3. The summed E-state index contributed by atoms with van der Waals surface area (Å²) < 4.78 is 1.90. The van der Waals surface area contributed by atoms with E-state index < -0.39 is 6.61 Å². The number of amides is 1. The molecule has 0 bridgehead atoms. The minimum absolute atomic E-state index is 0.0336. The van der Waals surface area contributed by atoms with Crippen molar-refractivity contribution in [2.45, 2.75) is 12.5 Å². The summed E-state index contributed by atoms with van der Waals surface area (Å²) in [6, 6.07) is 5.59. The molecule has 1 amide bonds. The van der Waals surface area contributed by atoms with Crippen molar-refractivity contribution in [3.05, 3.63) is 47.0 Å². The van der Waals surface area contributed by atoms with Gasteiger partial charge in [0.15, 0.2) is 0 Å². The van der Waals surface area contributed by atoms with Gasteiger partial charge in [-0.3, -0.25) is 4.79 Å². The summed E-state index contributed by atoms with van der Waals surface area (Å²) in [6.45, 7) is 0.825. The van der Waals surface area contributed by atoms with Crippen LogP contribution in [0.1, 0.15) is 6.42 Å². The van der Waals surface area contributed by atoms with Crippen LogP contribution < -0.4 is 10.2 Å². The molecule has 140 valence electrons. The van der Waals surface area contributed by atoms with Gasteiger partial charge in [-0.2, -0.15) is 0 Å². The summed E-state index contributed by atoms with van der Waals surface area (Å²) in [5, 5.41) is 13.4. The highest BCUT2D eigenvalue weighted by Gasteiger charge is 2.26. The highest BCUT2D eigenvalue weighted by atomic mass is 35.5. The van der Waals surface area contributed by atoms with Crippen molar-refractivity contribution < 1.29 is 9.90 Å². The van der Waals surface area contributed by atoms with E-state index in [-0.39, 0.29) is 11.9 Å². The van der Waals surface area contributed by atoms with Gasteiger partial charge in [0.25, 0.3) is 0 Å². The van der Waals surface area contributed by atoms with E-state index in [4.69, 9.17) is 33.3 Å². The molecule has 27 heavy (non-hydrogen) atoms. The molecule has 0 aliphatic carbocycles. The first-order valence-corrected chi connectivity index (χ1v) is 9.24. The third-order valence-electron chi connectivity index (χ3n) is 4.64. The van der Waals surface area contributed by atoms with Crippen LogP contribution in [0, 0.1) is 0 Å². The Hall–Kier alpha value is -2.35. The standard InChI is InChI=1S/C18H17Cl2N5O2/c19-13-2-1-12-14(25-6-4-21-10-25)7-15(23-18(12)17(13)20)24-5-3-11(8-24)22-16(27)9-26/h1-2,4,6-7,10-11,26H,3,5,8-9H2,(H,22,27)/t11-/m1/s1. The third kappa shape index (κ3) is 3.45. The number of hydrogen-bond donors (Lipinski definition) is 2. The molecule has 3 aromatic rings. The molecule has 3 heterocycles. The van der Waals surface area contributed by atoms with E-state index in [1.54, 1.807) is 18.6 Å². The maximum Gasteiger partial charge on any atom is 0.245 e. The van der Waals surface area contributed by atoms with Gasteiger partial charge < -0.3 is 19.9 Å². The normalized spacial score (nSPS) is 16.9. The molecule has 1 aliphatic heterocycles. The van der Waals surface area contributed by atoms with E-state index in [0.29, 0.717) is 22.1 Å². The van der Waals surface area contributed by atoms with E-state index >= 15 is 0 Å². The number of carbonyl (C=O) groups excluding carboxylic acids is 1. The maximum absolute atomic E-state index is 11.4. The molecule has 0 unspecified atom stereocenters. The third-order valence-corrected chi connectivity index (χ3v) is 5.44. The van der Waals surface area contributed by atoms with Gasteiger partial charge in [0.1, 0.15) is 12.4 Å². The average Bonchev–Trinajstić information content (AvgIpc) is 3.36. The van der Waals surface area contributed by atoms with E-state index in [1.165, 1.54) is 0 Å². The molecule has 9 heteroatoms. The minimum atomic E-state index is -0.510. The SMILES string of the molecule is O=C(CO)N[C@@H]1CCN(c2cc(-n3ccnc3)c3ccc(Cl)c(Cl)c3n2)C1. The molecular formula is C18H17Cl2N5O2. The molecule has 1 atom stereocenters. The zero-order valence-corrected chi connectivity index (χ0v) is 15.8. The lowest BCUT2D eigenvalue weighted by Crippen LogP contribution is -2.38. The average molecular weight is 406 g/mol. The lowest BCUT2D eigenvalue weighted by atomic mass is 10.1. The van der Waals surface area contributed by atoms with Crippen molar-refractivity contribution in [1.29, 1.82) is 0 Å². The Balaban J connectivity index is 1.76. The van der Waals surface area contributed by atoms with Crippen molar-refractivity contribution in [2.24, 2.45) is 0 Å². The Bertz CT molecular complexity index is 993. The first-order valence-electron chi connectivity index (χ1n) is 8.49. The number of rotatable bonds is 4. The van der Waals surface area contributed by atoms with Gasteiger partial charge in [-0.15, -0.1) is 0 Å². The molecule has 1 aliphatic rings. The van der Waals surface area contributed by atoms with Crippen LogP contribution in [0.3, 0.4) is 0 Å². The molecule has 0 radical (unpaired) electrons. The molecule has 1 saturated heterocycles. The smallest absolute Gasteiger partial charge is 0.245 e. The largest absolute Gasteiger partial charge is 0.387 e. The first kappa shape index (κ1) is 18.0. The molecule has 0 saturated carbocycles.